The third kappa shape index (κ3) is 8.60. The lowest BCUT2D eigenvalue weighted by Gasteiger charge is -2.34. The summed E-state index contributed by atoms with van der Waals surface area (Å²) in [5, 5.41) is 8.99. The molecule has 1 saturated carbocycles. The fraction of sp³-hybridized carbons (Fsp3) is 0.781. The van der Waals surface area contributed by atoms with E-state index >= 15 is 0 Å². The van der Waals surface area contributed by atoms with Gasteiger partial charge >= 0.3 is 5.97 Å². The van der Waals surface area contributed by atoms with E-state index in [0.29, 0.717) is 11.8 Å². The molecule has 0 spiro atoms. The maximum Gasteiger partial charge on any atom is 0.303 e. The molecule has 2 saturated heterocycles. The molecule has 0 amide bonds. The number of unbranched alkanes of at least 4 members (excludes halogenated alkanes) is 1. The Hall–Kier alpha value is -1.81. The van der Waals surface area contributed by atoms with Gasteiger partial charge in [-0.15, -0.1) is 5.92 Å². The minimum Gasteiger partial charge on any atom is -0.481 e. The van der Waals surface area contributed by atoms with Crippen LogP contribution in [-0.2, 0) is 23.7 Å². The first-order valence-electron chi connectivity index (χ1n) is 15.2. The summed E-state index contributed by atoms with van der Waals surface area (Å²) in [7, 11) is 0. The molecule has 2 heterocycles. The second-order valence-electron chi connectivity index (χ2n) is 11.5. The number of aliphatic carboxylic acids is 1. The summed E-state index contributed by atoms with van der Waals surface area (Å²) >= 11 is 0. The van der Waals surface area contributed by atoms with E-state index in [1.165, 1.54) is 5.57 Å². The van der Waals surface area contributed by atoms with Gasteiger partial charge in [0.2, 0.25) is 0 Å². The largest absolute Gasteiger partial charge is 0.481 e. The number of fused-ring (bicyclic) bond motifs is 1. The molecule has 6 nitrogen and oxygen atoms in total. The first-order valence-corrected chi connectivity index (χ1v) is 15.2. The van der Waals surface area contributed by atoms with Crippen LogP contribution in [0.1, 0.15) is 104 Å². The zero-order valence-electron chi connectivity index (χ0n) is 23.5. The van der Waals surface area contributed by atoms with E-state index in [1.807, 2.05) is 0 Å². The van der Waals surface area contributed by atoms with Crippen LogP contribution in [0.25, 0.3) is 0 Å². The third-order valence-corrected chi connectivity index (χ3v) is 8.40. The summed E-state index contributed by atoms with van der Waals surface area (Å²) in [5.41, 5.74) is 1.47. The summed E-state index contributed by atoms with van der Waals surface area (Å²) in [6, 6.07) is 0. The van der Waals surface area contributed by atoms with Gasteiger partial charge in [-0.3, -0.25) is 4.79 Å². The number of ether oxygens (including phenoxy) is 4. The fourth-order valence-electron chi connectivity index (χ4n) is 6.48. The lowest BCUT2D eigenvalue weighted by Crippen LogP contribution is -2.34. The van der Waals surface area contributed by atoms with Crippen molar-refractivity contribution >= 4 is 5.97 Å². The molecule has 2 aliphatic carbocycles. The highest BCUT2D eigenvalue weighted by atomic mass is 16.7. The Balaban J connectivity index is 1.52. The van der Waals surface area contributed by atoms with Crippen molar-refractivity contribution in [3.8, 4) is 11.8 Å². The van der Waals surface area contributed by atoms with Gasteiger partial charge in [0.1, 0.15) is 5.76 Å². The van der Waals surface area contributed by atoms with E-state index in [2.05, 4.69) is 37.8 Å². The summed E-state index contributed by atoms with van der Waals surface area (Å²) < 4.78 is 25.4. The average Bonchev–Trinajstić information content (AvgIpc) is 3.46. The zero-order valence-corrected chi connectivity index (χ0v) is 23.5. The summed E-state index contributed by atoms with van der Waals surface area (Å²) in [4.78, 5) is 10.9. The maximum absolute atomic E-state index is 10.9. The van der Waals surface area contributed by atoms with Crippen molar-refractivity contribution in [3.05, 3.63) is 23.5 Å². The van der Waals surface area contributed by atoms with Crippen LogP contribution in [0.3, 0.4) is 0 Å². The third-order valence-electron chi connectivity index (χ3n) is 8.40. The van der Waals surface area contributed by atoms with Crippen LogP contribution in [0.2, 0.25) is 0 Å². The number of carboxylic acid groups (broad SMARTS) is 1. The Bertz CT molecular complexity index is 870. The number of rotatable bonds is 12. The highest BCUT2D eigenvalue weighted by Gasteiger charge is 2.49. The molecule has 4 aliphatic rings. The van der Waals surface area contributed by atoms with Crippen molar-refractivity contribution in [2.24, 2.45) is 23.7 Å². The lowest BCUT2D eigenvalue weighted by molar-refractivity contribution is -0.201. The molecule has 212 valence electrons. The molecule has 0 radical (unpaired) electrons. The molecule has 6 heteroatoms. The minimum absolute atomic E-state index is 0.0600. The Morgan fingerprint density at radius 3 is 2.61 bits per heavy atom. The van der Waals surface area contributed by atoms with Crippen molar-refractivity contribution in [2.45, 2.75) is 122 Å². The topological polar surface area (TPSA) is 74.2 Å². The molecule has 0 aromatic heterocycles. The van der Waals surface area contributed by atoms with Crippen LogP contribution in [0, 0.1) is 35.5 Å². The predicted molar refractivity (Wildman–Crippen MR) is 147 cm³/mol. The van der Waals surface area contributed by atoms with E-state index in [-0.39, 0.29) is 36.9 Å². The van der Waals surface area contributed by atoms with Crippen molar-refractivity contribution in [3.63, 3.8) is 0 Å². The van der Waals surface area contributed by atoms with Crippen LogP contribution < -0.4 is 0 Å². The van der Waals surface area contributed by atoms with E-state index in [9.17, 15) is 4.79 Å². The molecule has 4 rings (SSSR count). The molecule has 38 heavy (non-hydrogen) atoms. The number of allylic oxidation sites excluding steroid dienone is 3. The second-order valence-corrected chi connectivity index (χ2v) is 11.5. The van der Waals surface area contributed by atoms with Crippen LogP contribution in [0.5, 0.6) is 0 Å². The molecular formula is C32H48O6. The molecule has 2 aliphatic heterocycles. The average molecular weight is 529 g/mol. The Morgan fingerprint density at radius 2 is 1.92 bits per heavy atom. The number of carboxylic acids is 1. The Labute approximate surface area is 229 Å². The maximum atomic E-state index is 10.9. The molecule has 0 aromatic rings. The summed E-state index contributed by atoms with van der Waals surface area (Å²) in [6.07, 6.45) is 17.5. The summed E-state index contributed by atoms with van der Waals surface area (Å²) in [6.45, 7) is 5.80. The van der Waals surface area contributed by atoms with Crippen LogP contribution >= 0.6 is 0 Å². The van der Waals surface area contributed by atoms with E-state index in [1.54, 1.807) is 0 Å². The molecule has 3 fully saturated rings. The Kier molecular flexibility index (Phi) is 11.6. The second kappa shape index (κ2) is 15.1. The SMILES string of the molecule is CCC#CC(C)CC=C(OC1CCCCO1)[C@H]1[C@@H]2CC(CCCCC(=O)O)=C[C@@H]2C[C@@H]1OC1CCCCO1. The van der Waals surface area contributed by atoms with Crippen LogP contribution in [-0.4, -0.2) is 43.0 Å². The van der Waals surface area contributed by atoms with Gasteiger partial charge in [-0.25, -0.2) is 0 Å². The predicted octanol–water partition coefficient (Wildman–Crippen LogP) is 6.99. The molecule has 7 atom stereocenters. The molecule has 0 aromatic carbocycles. The number of carbonyl (C=O) groups is 1. The van der Waals surface area contributed by atoms with E-state index < -0.39 is 5.97 Å². The van der Waals surface area contributed by atoms with Gasteiger partial charge in [-0.1, -0.05) is 31.4 Å². The van der Waals surface area contributed by atoms with Crippen molar-refractivity contribution in [2.75, 3.05) is 13.2 Å². The highest BCUT2D eigenvalue weighted by molar-refractivity contribution is 5.66. The van der Waals surface area contributed by atoms with Crippen LogP contribution in [0.4, 0.5) is 0 Å². The summed E-state index contributed by atoms with van der Waals surface area (Å²) in [5.74, 6) is 8.23. The van der Waals surface area contributed by atoms with Crippen molar-refractivity contribution in [1.29, 1.82) is 0 Å². The molecule has 0 bridgehead atoms. The van der Waals surface area contributed by atoms with Gasteiger partial charge in [0.05, 0.1) is 12.7 Å². The standard InChI is InChI=1S/C32H48O6/c1-3-4-11-23(2)16-17-27(37-30-14-7-9-18-35-30)32-26-21-24(12-5-6-13-29(33)34)20-25(26)22-28(32)38-31-15-8-10-19-36-31/h17,20,23,25-26,28,30-32H,3,5-10,12-16,18-19,21-22H2,1-2H3,(H,33,34)/t23?,25-,26-,28+,30?,31?,32-/m1/s1. The van der Waals surface area contributed by atoms with Gasteiger partial charge in [-0.05, 0) is 88.5 Å². The fourth-order valence-corrected chi connectivity index (χ4v) is 6.48. The highest BCUT2D eigenvalue weighted by Crippen LogP contribution is 2.52. The lowest BCUT2D eigenvalue weighted by atomic mass is 9.86. The van der Waals surface area contributed by atoms with Gasteiger partial charge < -0.3 is 24.1 Å². The molecular weight excluding hydrogens is 480 g/mol. The van der Waals surface area contributed by atoms with E-state index in [0.717, 1.165) is 102 Å². The molecule has 1 N–H and O–H groups in total. The number of hydrogen-bond acceptors (Lipinski definition) is 5. The van der Waals surface area contributed by atoms with Gasteiger partial charge in [0.15, 0.2) is 12.6 Å². The van der Waals surface area contributed by atoms with E-state index in [4.69, 9.17) is 24.1 Å². The van der Waals surface area contributed by atoms with Crippen molar-refractivity contribution < 1.29 is 28.8 Å². The number of hydrogen-bond donors (Lipinski definition) is 1. The normalized spacial score (nSPS) is 32.2. The monoisotopic (exact) mass is 528 g/mol. The minimum atomic E-state index is -0.707. The van der Waals surface area contributed by atoms with Gasteiger partial charge in [0, 0.05) is 37.7 Å². The van der Waals surface area contributed by atoms with Gasteiger partial charge in [-0.2, -0.15) is 0 Å². The van der Waals surface area contributed by atoms with Crippen molar-refractivity contribution in [1.82, 2.24) is 0 Å². The smallest absolute Gasteiger partial charge is 0.303 e. The molecule has 3 unspecified atom stereocenters. The van der Waals surface area contributed by atoms with Crippen LogP contribution in [0.15, 0.2) is 23.5 Å². The first-order chi connectivity index (χ1) is 18.5. The van der Waals surface area contributed by atoms with Gasteiger partial charge in [0.25, 0.3) is 0 Å². The quantitative estimate of drug-likeness (QED) is 0.127. The Morgan fingerprint density at radius 1 is 1.16 bits per heavy atom. The first kappa shape index (κ1) is 29.2. The zero-order chi connectivity index (χ0) is 26.7.